The third kappa shape index (κ3) is 2.52. The molecule has 2 amide bonds. The minimum absolute atomic E-state index is 0.158. The SMILES string of the molecule is CC(C)C(C)CN1CCC(=O)N2CCCC2C1=O. The highest BCUT2D eigenvalue weighted by Crippen LogP contribution is 2.24. The summed E-state index contributed by atoms with van der Waals surface area (Å²) in [7, 11) is 0. The molecule has 0 bridgehead atoms. The summed E-state index contributed by atoms with van der Waals surface area (Å²) in [6.07, 6.45) is 2.31. The molecule has 2 aliphatic rings. The summed E-state index contributed by atoms with van der Waals surface area (Å²) in [5.74, 6) is 1.38. The zero-order valence-corrected chi connectivity index (χ0v) is 11.7. The normalized spacial score (nSPS) is 26.6. The van der Waals surface area contributed by atoms with Crippen molar-refractivity contribution in [2.75, 3.05) is 19.6 Å². The fourth-order valence-corrected chi connectivity index (χ4v) is 2.76. The predicted octanol–water partition coefficient (Wildman–Crippen LogP) is 1.50. The average molecular weight is 252 g/mol. The fourth-order valence-electron chi connectivity index (χ4n) is 2.76. The van der Waals surface area contributed by atoms with Crippen LogP contribution in [0.15, 0.2) is 0 Å². The van der Waals surface area contributed by atoms with Gasteiger partial charge in [-0.1, -0.05) is 20.8 Å². The van der Waals surface area contributed by atoms with E-state index in [2.05, 4.69) is 20.8 Å². The smallest absolute Gasteiger partial charge is 0.245 e. The molecule has 0 aromatic carbocycles. The summed E-state index contributed by atoms with van der Waals surface area (Å²) < 4.78 is 0. The van der Waals surface area contributed by atoms with E-state index in [4.69, 9.17) is 0 Å². The zero-order chi connectivity index (χ0) is 13.3. The van der Waals surface area contributed by atoms with Crippen LogP contribution in [0.25, 0.3) is 0 Å². The van der Waals surface area contributed by atoms with Gasteiger partial charge in [-0.25, -0.2) is 0 Å². The molecule has 2 aliphatic heterocycles. The highest BCUT2D eigenvalue weighted by molar-refractivity contribution is 5.90. The summed E-state index contributed by atoms with van der Waals surface area (Å²) in [5.41, 5.74) is 0. The Hall–Kier alpha value is -1.06. The standard InChI is InChI=1S/C14H24N2O2/c1-10(2)11(3)9-15-8-6-13(17)16-7-4-5-12(16)14(15)18/h10-12H,4-9H2,1-3H3. The average Bonchev–Trinajstić information content (AvgIpc) is 2.78. The fraction of sp³-hybridized carbons (Fsp3) is 0.857. The molecule has 2 atom stereocenters. The Labute approximate surface area is 109 Å². The maximum atomic E-state index is 12.5. The summed E-state index contributed by atoms with van der Waals surface area (Å²) in [5, 5.41) is 0. The summed E-state index contributed by atoms with van der Waals surface area (Å²) in [6, 6.07) is -0.167. The third-order valence-electron chi connectivity index (χ3n) is 4.41. The molecule has 4 nitrogen and oxygen atoms in total. The highest BCUT2D eigenvalue weighted by atomic mass is 16.2. The van der Waals surface area contributed by atoms with E-state index in [0.717, 1.165) is 25.9 Å². The molecule has 2 fully saturated rings. The van der Waals surface area contributed by atoms with Gasteiger partial charge in [0.25, 0.3) is 0 Å². The second kappa shape index (κ2) is 5.29. The topological polar surface area (TPSA) is 40.6 Å². The van der Waals surface area contributed by atoms with Crippen molar-refractivity contribution in [2.24, 2.45) is 11.8 Å². The van der Waals surface area contributed by atoms with E-state index in [1.165, 1.54) is 0 Å². The van der Waals surface area contributed by atoms with Crippen LogP contribution in [-0.4, -0.2) is 47.3 Å². The number of fused-ring (bicyclic) bond motifs is 1. The molecule has 2 saturated heterocycles. The molecule has 2 unspecified atom stereocenters. The van der Waals surface area contributed by atoms with Crippen molar-refractivity contribution < 1.29 is 9.59 Å². The van der Waals surface area contributed by atoms with Crippen LogP contribution in [-0.2, 0) is 9.59 Å². The van der Waals surface area contributed by atoms with Crippen LogP contribution in [0.1, 0.15) is 40.0 Å². The first kappa shape index (κ1) is 13.4. The molecule has 2 heterocycles. The van der Waals surface area contributed by atoms with E-state index >= 15 is 0 Å². The summed E-state index contributed by atoms with van der Waals surface area (Å²) in [4.78, 5) is 28.1. The van der Waals surface area contributed by atoms with Crippen LogP contribution in [0, 0.1) is 11.8 Å². The third-order valence-corrected chi connectivity index (χ3v) is 4.41. The summed E-state index contributed by atoms with van der Waals surface area (Å²) >= 11 is 0. The Morgan fingerprint density at radius 2 is 1.94 bits per heavy atom. The lowest BCUT2D eigenvalue weighted by Crippen LogP contribution is -2.45. The number of carbonyl (C=O) groups excluding carboxylic acids is 2. The second-order valence-corrected chi connectivity index (χ2v) is 6.00. The van der Waals surface area contributed by atoms with Crippen molar-refractivity contribution in [3.8, 4) is 0 Å². The Kier molecular flexibility index (Phi) is 3.93. The molecule has 0 radical (unpaired) electrons. The number of carbonyl (C=O) groups is 2. The number of nitrogens with zero attached hydrogens (tertiary/aromatic N) is 2. The first-order chi connectivity index (χ1) is 8.50. The zero-order valence-electron chi connectivity index (χ0n) is 11.7. The number of rotatable bonds is 3. The van der Waals surface area contributed by atoms with Gasteiger partial charge in [0.2, 0.25) is 11.8 Å². The summed E-state index contributed by atoms with van der Waals surface area (Å²) in [6.45, 7) is 8.69. The van der Waals surface area contributed by atoms with Gasteiger partial charge < -0.3 is 9.80 Å². The van der Waals surface area contributed by atoms with Crippen LogP contribution < -0.4 is 0 Å². The predicted molar refractivity (Wildman–Crippen MR) is 69.9 cm³/mol. The maximum absolute atomic E-state index is 12.5. The van der Waals surface area contributed by atoms with E-state index in [0.29, 0.717) is 24.8 Å². The first-order valence-corrected chi connectivity index (χ1v) is 7.09. The Morgan fingerprint density at radius 3 is 2.61 bits per heavy atom. The van der Waals surface area contributed by atoms with Crippen LogP contribution in [0.2, 0.25) is 0 Å². The lowest BCUT2D eigenvalue weighted by molar-refractivity contribution is -0.139. The van der Waals surface area contributed by atoms with Gasteiger partial charge in [0, 0.05) is 26.1 Å². The number of hydrogen-bond donors (Lipinski definition) is 0. The number of amides is 2. The molecular formula is C14H24N2O2. The molecule has 0 N–H and O–H groups in total. The molecule has 4 heteroatoms. The first-order valence-electron chi connectivity index (χ1n) is 7.09. The molecule has 0 spiro atoms. The van der Waals surface area contributed by atoms with Crippen molar-refractivity contribution in [3.63, 3.8) is 0 Å². The van der Waals surface area contributed by atoms with Gasteiger partial charge in [0.1, 0.15) is 6.04 Å². The van der Waals surface area contributed by atoms with E-state index in [1.54, 1.807) is 4.90 Å². The highest BCUT2D eigenvalue weighted by Gasteiger charge is 2.39. The molecule has 0 aliphatic carbocycles. The molecular weight excluding hydrogens is 228 g/mol. The van der Waals surface area contributed by atoms with Crippen molar-refractivity contribution in [2.45, 2.75) is 46.1 Å². The Bertz CT molecular complexity index is 341. The van der Waals surface area contributed by atoms with Crippen molar-refractivity contribution >= 4 is 11.8 Å². The quantitative estimate of drug-likeness (QED) is 0.764. The molecule has 18 heavy (non-hydrogen) atoms. The van der Waals surface area contributed by atoms with Crippen molar-refractivity contribution in [1.29, 1.82) is 0 Å². The van der Waals surface area contributed by atoms with Gasteiger partial charge >= 0.3 is 0 Å². The van der Waals surface area contributed by atoms with Gasteiger partial charge in [0.15, 0.2) is 0 Å². The van der Waals surface area contributed by atoms with E-state index < -0.39 is 0 Å². The van der Waals surface area contributed by atoms with Gasteiger partial charge in [-0.15, -0.1) is 0 Å². The van der Waals surface area contributed by atoms with Gasteiger partial charge in [-0.05, 0) is 24.7 Å². The van der Waals surface area contributed by atoms with E-state index in [-0.39, 0.29) is 17.9 Å². The van der Waals surface area contributed by atoms with Gasteiger partial charge in [0.05, 0.1) is 0 Å². The second-order valence-electron chi connectivity index (χ2n) is 6.00. The number of hydrogen-bond acceptors (Lipinski definition) is 2. The molecule has 102 valence electrons. The molecule has 2 rings (SSSR count). The van der Waals surface area contributed by atoms with Crippen LogP contribution in [0.5, 0.6) is 0 Å². The minimum atomic E-state index is -0.167. The van der Waals surface area contributed by atoms with E-state index in [1.807, 2.05) is 4.90 Å². The molecule has 0 aromatic rings. The van der Waals surface area contributed by atoms with Crippen LogP contribution in [0.3, 0.4) is 0 Å². The molecule has 0 aromatic heterocycles. The van der Waals surface area contributed by atoms with Crippen LogP contribution >= 0.6 is 0 Å². The maximum Gasteiger partial charge on any atom is 0.245 e. The van der Waals surface area contributed by atoms with Crippen LogP contribution in [0.4, 0.5) is 0 Å². The molecule has 0 saturated carbocycles. The largest absolute Gasteiger partial charge is 0.340 e. The monoisotopic (exact) mass is 252 g/mol. The van der Waals surface area contributed by atoms with E-state index in [9.17, 15) is 9.59 Å². The van der Waals surface area contributed by atoms with Crippen molar-refractivity contribution in [3.05, 3.63) is 0 Å². The Morgan fingerprint density at radius 1 is 1.22 bits per heavy atom. The van der Waals surface area contributed by atoms with Crippen molar-refractivity contribution in [1.82, 2.24) is 9.80 Å². The van der Waals surface area contributed by atoms with Gasteiger partial charge in [-0.3, -0.25) is 9.59 Å². The lowest BCUT2D eigenvalue weighted by Gasteiger charge is -2.28. The minimum Gasteiger partial charge on any atom is -0.340 e. The Balaban J connectivity index is 2.08. The van der Waals surface area contributed by atoms with Gasteiger partial charge in [-0.2, -0.15) is 0 Å². The lowest BCUT2D eigenvalue weighted by atomic mass is 9.97.